The quantitative estimate of drug-likeness (QED) is 0.710. The zero-order chi connectivity index (χ0) is 15.2. The standard InChI is InChI=1S/C20H33N/c1-5-6-16-7-9-18(10-8-16)20(21-4)19-13-11-17(12-14-19)15(2)3/h11-16,18,20-21H,5-10H2,1-4H3. The Morgan fingerprint density at radius 2 is 1.57 bits per heavy atom. The van der Waals surface area contributed by atoms with Crippen LogP contribution in [-0.4, -0.2) is 7.05 Å². The molecule has 1 heteroatoms. The summed E-state index contributed by atoms with van der Waals surface area (Å²) in [6.07, 6.45) is 8.42. The molecule has 1 aromatic rings. The number of nitrogens with one attached hydrogen (secondary N) is 1. The van der Waals surface area contributed by atoms with E-state index < -0.39 is 0 Å². The minimum absolute atomic E-state index is 0.536. The summed E-state index contributed by atoms with van der Waals surface area (Å²) in [6.45, 7) is 6.85. The summed E-state index contributed by atoms with van der Waals surface area (Å²) < 4.78 is 0. The second kappa shape index (κ2) is 7.98. The molecule has 0 amide bonds. The van der Waals surface area contributed by atoms with Crippen molar-refractivity contribution in [3.05, 3.63) is 35.4 Å². The van der Waals surface area contributed by atoms with Crippen molar-refractivity contribution in [2.45, 2.75) is 71.3 Å². The highest BCUT2D eigenvalue weighted by molar-refractivity contribution is 5.27. The highest BCUT2D eigenvalue weighted by atomic mass is 14.9. The van der Waals surface area contributed by atoms with Gasteiger partial charge in [-0.15, -0.1) is 0 Å². The summed E-state index contributed by atoms with van der Waals surface area (Å²) in [5, 5.41) is 3.58. The van der Waals surface area contributed by atoms with Crippen molar-refractivity contribution in [2.75, 3.05) is 7.05 Å². The van der Waals surface area contributed by atoms with Crippen molar-refractivity contribution in [1.82, 2.24) is 5.32 Å². The predicted octanol–water partition coefficient (Wildman–Crippen LogP) is 5.68. The third kappa shape index (κ3) is 4.32. The van der Waals surface area contributed by atoms with Gasteiger partial charge in [0.05, 0.1) is 0 Å². The lowest BCUT2D eigenvalue weighted by Crippen LogP contribution is -2.28. The maximum absolute atomic E-state index is 3.58. The van der Waals surface area contributed by atoms with Crippen LogP contribution in [0.2, 0.25) is 0 Å². The molecule has 0 aromatic heterocycles. The molecule has 0 bridgehead atoms. The van der Waals surface area contributed by atoms with Crippen LogP contribution in [-0.2, 0) is 0 Å². The molecule has 1 fully saturated rings. The van der Waals surface area contributed by atoms with Crippen LogP contribution < -0.4 is 5.32 Å². The summed E-state index contributed by atoms with van der Waals surface area (Å²) in [4.78, 5) is 0. The van der Waals surface area contributed by atoms with Crippen LogP contribution in [0.15, 0.2) is 24.3 Å². The third-order valence-electron chi connectivity index (χ3n) is 5.33. The van der Waals surface area contributed by atoms with Gasteiger partial charge < -0.3 is 5.32 Å². The molecular formula is C20H33N. The molecule has 1 saturated carbocycles. The Kier molecular flexibility index (Phi) is 6.29. The monoisotopic (exact) mass is 287 g/mol. The van der Waals surface area contributed by atoms with Gasteiger partial charge in [0.25, 0.3) is 0 Å². The smallest absolute Gasteiger partial charge is 0.0346 e. The van der Waals surface area contributed by atoms with Crippen LogP contribution in [0.1, 0.15) is 82.4 Å². The molecule has 0 spiro atoms. The number of benzene rings is 1. The first-order valence-electron chi connectivity index (χ1n) is 8.92. The van der Waals surface area contributed by atoms with Crippen molar-refractivity contribution >= 4 is 0 Å². The normalized spacial score (nSPS) is 24.2. The van der Waals surface area contributed by atoms with Gasteiger partial charge in [0, 0.05) is 6.04 Å². The predicted molar refractivity (Wildman–Crippen MR) is 92.7 cm³/mol. The van der Waals surface area contributed by atoms with Gasteiger partial charge in [0.2, 0.25) is 0 Å². The third-order valence-corrected chi connectivity index (χ3v) is 5.33. The van der Waals surface area contributed by atoms with E-state index in [-0.39, 0.29) is 0 Å². The largest absolute Gasteiger partial charge is 0.313 e. The van der Waals surface area contributed by atoms with Crippen LogP contribution in [0, 0.1) is 11.8 Å². The van der Waals surface area contributed by atoms with Crippen LogP contribution in [0.25, 0.3) is 0 Å². The summed E-state index contributed by atoms with van der Waals surface area (Å²) >= 11 is 0. The Balaban J connectivity index is 1.99. The second-order valence-corrected chi connectivity index (χ2v) is 7.16. The topological polar surface area (TPSA) is 12.0 Å². The lowest BCUT2D eigenvalue weighted by molar-refractivity contribution is 0.219. The highest BCUT2D eigenvalue weighted by Gasteiger charge is 2.27. The first-order chi connectivity index (χ1) is 10.2. The minimum atomic E-state index is 0.536. The van der Waals surface area contributed by atoms with E-state index in [0.717, 1.165) is 11.8 Å². The Bertz CT molecular complexity index is 398. The maximum atomic E-state index is 3.58. The summed E-state index contributed by atoms with van der Waals surface area (Å²) in [7, 11) is 2.12. The van der Waals surface area contributed by atoms with Crippen molar-refractivity contribution in [3.63, 3.8) is 0 Å². The highest BCUT2D eigenvalue weighted by Crippen LogP contribution is 2.38. The van der Waals surface area contributed by atoms with Gasteiger partial charge in [-0.1, -0.05) is 70.7 Å². The fourth-order valence-electron chi connectivity index (χ4n) is 3.98. The van der Waals surface area contributed by atoms with Crippen molar-refractivity contribution in [1.29, 1.82) is 0 Å². The molecule has 118 valence electrons. The van der Waals surface area contributed by atoms with Crippen LogP contribution >= 0.6 is 0 Å². The first kappa shape index (κ1) is 16.5. The molecule has 2 rings (SSSR count). The summed E-state index contributed by atoms with van der Waals surface area (Å²) in [5.41, 5.74) is 2.92. The second-order valence-electron chi connectivity index (χ2n) is 7.16. The Morgan fingerprint density at radius 1 is 1.00 bits per heavy atom. The van der Waals surface area contributed by atoms with E-state index in [1.165, 1.54) is 49.7 Å². The average Bonchev–Trinajstić information content (AvgIpc) is 2.50. The van der Waals surface area contributed by atoms with E-state index in [1.54, 1.807) is 0 Å². The molecule has 0 saturated heterocycles. The molecule has 1 N–H and O–H groups in total. The number of hydrogen-bond donors (Lipinski definition) is 1. The molecule has 0 heterocycles. The van der Waals surface area contributed by atoms with Gasteiger partial charge in [-0.3, -0.25) is 0 Å². The van der Waals surface area contributed by atoms with Gasteiger partial charge >= 0.3 is 0 Å². The number of hydrogen-bond acceptors (Lipinski definition) is 1. The molecule has 1 aromatic carbocycles. The van der Waals surface area contributed by atoms with E-state index in [1.807, 2.05) is 0 Å². The SMILES string of the molecule is CCCC1CCC(C(NC)c2ccc(C(C)C)cc2)CC1. The van der Waals surface area contributed by atoms with Gasteiger partial charge in [-0.25, -0.2) is 0 Å². The summed E-state index contributed by atoms with van der Waals surface area (Å²) in [5.74, 6) is 2.43. The fourth-order valence-corrected chi connectivity index (χ4v) is 3.98. The van der Waals surface area contributed by atoms with Crippen LogP contribution in [0.4, 0.5) is 0 Å². The maximum Gasteiger partial charge on any atom is 0.0346 e. The van der Waals surface area contributed by atoms with E-state index in [0.29, 0.717) is 12.0 Å². The Hall–Kier alpha value is -0.820. The van der Waals surface area contributed by atoms with Crippen LogP contribution in [0.3, 0.4) is 0 Å². The average molecular weight is 287 g/mol. The van der Waals surface area contributed by atoms with Crippen molar-refractivity contribution < 1.29 is 0 Å². The van der Waals surface area contributed by atoms with Crippen molar-refractivity contribution in [2.24, 2.45) is 11.8 Å². The van der Waals surface area contributed by atoms with Crippen molar-refractivity contribution in [3.8, 4) is 0 Å². The van der Waals surface area contributed by atoms with Gasteiger partial charge in [-0.05, 0) is 48.8 Å². The van der Waals surface area contributed by atoms with Crippen LogP contribution in [0.5, 0.6) is 0 Å². The van der Waals surface area contributed by atoms with E-state index >= 15 is 0 Å². The lowest BCUT2D eigenvalue weighted by atomic mass is 9.75. The Morgan fingerprint density at radius 3 is 2.05 bits per heavy atom. The van der Waals surface area contributed by atoms with E-state index in [2.05, 4.69) is 57.4 Å². The van der Waals surface area contributed by atoms with E-state index in [4.69, 9.17) is 0 Å². The molecule has 1 unspecified atom stereocenters. The Labute approximate surface area is 131 Å². The molecule has 0 radical (unpaired) electrons. The fraction of sp³-hybridized carbons (Fsp3) is 0.700. The molecule has 1 nitrogen and oxygen atoms in total. The van der Waals surface area contributed by atoms with Gasteiger partial charge in [-0.2, -0.15) is 0 Å². The summed E-state index contributed by atoms with van der Waals surface area (Å²) in [6, 6.07) is 9.84. The van der Waals surface area contributed by atoms with Gasteiger partial charge in [0.1, 0.15) is 0 Å². The molecule has 0 aliphatic heterocycles. The zero-order valence-electron chi connectivity index (χ0n) is 14.4. The van der Waals surface area contributed by atoms with E-state index in [9.17, 15) is 0 Å². The number of rotatable bonds is 6. The zero-order valence-corrected chi connectivity index (χ0v) is 14.4. The molecule has 1 aliphatic rings. The molecule has 1 aliphatic carbocycles. The minimum Gasteiger partial charge on any atom is -0.313 e. The molecule has 21 heavy (non-hydrogen) atoms. The molecular weight excluding hydrogens is 254 g/mol. The van der Waals surface area contributed by atoms with Gasteiger partial charge in [0.15, 0.2) is 0 Å². The molecule has 1 atom stereocenters. The first-order valence-corrected chi connectivity index (χ1v) is 8.92. The lowest BCUT2D eigenvalue weighted by Gasteiger charge is -2.34.